The van der Waals surface area contributed by atoms with Crippen molar-refractivity contribution in [2.75, 3.05) is 6.61 Å². The number of benzene rings is 1. The highest BCUT2D eigenvalue weighted by Gasteiger charge is 2.36. The van der Waals surface area contributed by atoms with Crippen LogP contribution in [0.15, 0.2) is 27.5 Å². The molecule has 3 rings (SSSR count). The van der Waals surface area contributed by atoms with Gasteiger partial charge in [0.05, 0.1) is 16.0 Å². The Labute approximate surface area is 155 Å². The standard InChI is InChI=1S/C19H21FN2O3S/c1-5-22-19(24)13(8-21-22)12-7-15(20)18-16(10(12)3)17(25-6-2)14(9-23)11(4)26-18/h7-8,11,17,21H,5-6H2,1-4H3. The van der Waals surface area contributed by atoms with Crippen LogP contribution in [0.25, 0.3) is 11.1 Å². The van der Waals surface area contributed by atoms with Gasteiger partial charge in [0, 0.05) is 30.2 Å². The van der Waals surface area contributed by atoms with Crippen LogP contribution in [0.2, 0.25) is 0 Å². The number of H-pyrrole nitrogens is 1. The minimum Gasteiger partial charge on any atom is -0.369 e. The zero-order valence-electron chi connectivity index (χ0n) is 15.2. The fourth-order valence-electron chi connectivity index (χ4n) is 3.38. The van der Waals surface area contributed by atoms with Crippen molar-refractivity contribution in [3.05, 3.63) is 45.1 Å². The number of aromatic nitrogens is 2. The molecule has 1 aromatic carbocycles. The smallest absolute Gasteiger partial charge is 0.274 e. The van der Waals surface area contributed by atoms with Crippen LogP contribution in [0, 0.1) is 12.7 Å². The zero-order chi connectivity index (χ0) is 19.0. The summed E-state index contributed by atoms with van der Waals surface area (Å²) in [4.78, 5) is 24.5. The average molecular weight is 376 g/mol. The van der Waals surface area contributed by atoms with Gasteiger partial charge in [-0.1, -0.05) is 0 Å². The van der Waals surface area contributed by atoms with Crippen LogP contribution >= 0.6 is 11.8 Å². The average Bonchev–Trinajstić information content (AvgIpc) is 2.98. The Bertz CT molecular complexity index is 956. The molecule has 5 nitrogen and oxygen atoms in total. The van der Waals surface area contributed by atoms with Gasteiger partial charge < -0.3 is 9.84 Å². The van der Waals surface area contributed by atoms with E-state index < -0.39 is 11.9 Å². The van der Waals surface area contributed by atoms with Crippen LogP contribution in [-0.4, -0.2) is 27.6 Å². The van der Waals surface area contributed by atoms with E-state index >= 15 is 0 Å². The summed E-state index contributed by atoms with van der Waals surface area (Å²) in [6, 6.07) is 1.40. The summed E-state index contributed by atoms with van der Waals surface area (Å²) in [7, 11) is 0. The molecule has 1 N–H and O–H groups in total. The van der Waals surface area contributed by atoms with Crippen molar-refractivity contribution >= 4 is 17.7 Å². The summed E-state index contributed by atoms with van der Waals surface area (Å²) in [5.74, 6) is 1.58. The van der Waals surface area contributed by atoms with Gasteiger partial charge >= 0.3 is 0 Å². The molecule has 0 saturated heterocycles. The molecular formula is C19H21FN2O3S. The van der Waals surface area contributed by atoms with E-state index in [4.69, 9.17) is 4.74 Å². The van der Waals surface area contributed by atoms with Gasteiger partial charge in [0.25, 0.3) is 5.56 Å². The second-order valence-electron chi connectivity index (χ2n) is 6.16. The number of fused-ring (bicyclic) bond motifs is 1. The van der Waals surface area contributed by atoms with E-state index in [9.17, 15) is 14.0 Å². The maximum absolute atomic E-state index is 14.9. The van der Waals surface area contributed by atoms with Crippen molar-refractivity contribution < 1.29 is 13.9 Å². The van der Waals surface area contributed by atoms with E-state index in [2.05, 4.69) is 5.10 Å². The molecule has 0 amide bonds. The van der Waals surface area contributed by atoms with E-state index in [0.29, 0.717) is 40.3 Å². The molecule has 1 aromatic heterocycles. The van der Waals surface area contributed by atoms with Crippen LogP contribution in [-0.2, 0) is 16.1 Å². The third-order valence-electron chi connectivity index (χ3n) is 4.72. The molecule has 2 aromatic rings. The van der Waals surface area contributed by atoms with Crippen molar-refractivity contribution in [3.8, 4) is 11.1 Å². The Morgan fingerprint density at radius 1 is 1.38 bits per heavy atom. The Morgan fingerprint density at radius 3 is 2.69 bits per heavy atom. The maximum atomic E-state index is 14.9. The number of ether oxygens (including phenoxy) is 1. The number of aromatic amines is 1. The molecule has 1 aliphatic heterocycles. The normalized spacial score (nSPS) is 19.3. The van der Waals surface area contributed by atoms with Crippen molar-refractivity contribution in [1.82, 2.24) is 9.78 Å². The molecule has 2 atom stereocenters. The first-order valence-electron chi connectivity index (χ1n) is 8.59. The minimum atomic E-state index is -0.648. The molecule has 26 heavy (non-hydrogen) atoms. The van der Waals surface area contributed by atoms with E-state index in [1.54, 1.807) is 6.20 Å². The second kappa shape index (κ2) is 7.27. The molecule has 2 unspecified atom stereocenters. The topological polar surface area (TPSA) is 64.1 Å². The number of aryl methyl sites for hydroxylation is 1. The van der Waals surface area contributed by atoms with Crippen LogP contribution in [0.3, 0.4) is 0 Å². The molecule has 0 radical (unpaired) electrons. The molecule has 7 heteroatoms. The highest BCUT2D eigenvalue weighted by atomic mass is 32.2. The first-order chi connectivity index (χ1) is 12.4. The minimum absolute atomic E-state index is 0.203. The largest absolute Gasteiger partial charge is 0.369 e. The molecule has 0 fully saturated rings. The number of hydrogen-bond acceptors (Lipinski definition) is 4. The van der Waals surface area contributed by atoms with E-state index in [1.807, 2.05) is 33.6 Å². The van der Waals surface area contributed by atoms with Crippen molar-refractivity contribution in [2.45, 2.75) is 50.5 Å². The zero-order valence-corrected chi connectivity index (χ0v) is 16.0. The number of nitrogens with one attached hydrogen (secondary N) is 1. The lowest BCUT2D eigenvalue weighted by molar-refractivity contribution is 0.0841. The summed E-state index contributed by atoms with van der Waals surface area (Å²) < 4.78 is 22.2. The van der Waals surface area contributed by atoms with Crippen molar-refractivity contribution in [3.63, 3.8) is 0 Å². The summed E-state index contributed by atoms with van der Waals surface area (Å²) in [6.45, 7) is 8.24. The SMILES string of the molecule is CCOC1C(=C=O)C(C)Sc2c(F)cc(-c3c[nH]n(CC)c3=O)c(C)c21. The molecule has 0 saturated carbocycles. The molecule has 0 spiro atoms. The Balaban J connectivity index is 2.29. The molecular weight excluding hydrogens is 355 g/mol. The number of rotatable bonds is 4. The lowest BCUT2D eigenvalue weighted by Crippen LogP contribution is -2.23. The van der Waals surface area contributed by atoms with Gasteiger partial charge in [-0.25, -0.2) is 9.18 Å². The van der Waals surface area contributed by atoms with Crippen LogP contribution in [0.4, 0.5) is 4.39 Å². The van der Waals surface area contributed by atoms with Gasteiger partial charge in [0.1, 0.15) is 17.9 Å². The molecule has 138 valence electrons. The number of carbonyl (C=O) groups excluding carboxylic acids is 1. The van der Waals surface area contributed by atoms with Gasteiger partial charge in [0.2, 0.25) is 0 Å². The summed E-state index contributed by atoms with van der Waals surface area (Å²) in [5.41, 5.74) is 2.54. The number of thioether (sulfide) groups is 1. The first-order valence-corrected chi connectivity index (χ1v) is 9.47. The van der Waals surface area contributed by atoms with E-state index in [1.165, 1.54) is 22.5 Å². The van der Waals surface area contributed by atoms with E-state index in [0.717, 1.165) is 5.56 Å². The molecule has 2 heterocycles. The Morgan fingerprint density at radius 2 is 2.12 bits per heavy atom. The summed E-state index contributed by atoms with van der Waals surface area (Å²) in [5, 5.41) is 2.67. The van der Waals surface area contributed by atoms with E-state index in [-0.39, 0.29) is 10.8 Å². The predicted molar refractivity (Wildman–Crippen MR) is 99.8 cm³/mol. The third-order valence-corrected chi connectivity index (χ3v) is 5.97. The van der Waals surface area contributed by atoms with Gasteiger partial charge in [0.15, 0.2) is 0 Å². The monoisotopic (exact) mass is 376 g/mol. The fourth-order valence-corrected chi connectivity index (χ4v) is 4.59. The van der Waals surface area contributed by atoms with Crippen LogP contribution in [0.1, 0.15) is 38.0 Å². The lowest BCUT2D eigenvalue weighted by Gasteiger charge is -2.32. The highest BCUT2D eigenvalue weighted by Crippen LogP contribution is 2.49. The highest BCUT2D eigenvalue weighted by molar-refractivity contribution is 8.00. The number of halogens is 1. The maximum Gasteiger partial charge on any atom is 0.274 e. The van der Waals surface area contributed by atoms with Crippen LogP contribution in [0.5, 0.6) is 0 Å². The van der Waals surface area contributed by atoms with Gasteiger partial charge in [-0.2, -0.15) is 0 Å². The fraction of sp³-hybridized carbons (Fsp3) is 0.421. The molecule has 1 aliphatic rings. The molecule has 0 aliphatic carbocycles. The first kappa shape index (κ1) is 18.7. The molecule has 0 bridgehead atoms. The summed E-state index contributed by atoms with van der Waals surface area (Å²) in [6.07, 6.45) is 0.940. The van der Waals surface area contributed by atoms with Gasteiger partial charge in [-0.3, -0.25) is 9.48 Å². The van der Waals surface area contributed by atoms with Gasteiger partial charge in [-0.15, -0.1) is 11.8 Å². The second-order valence-corrected chi connectivity index (χ2v) is 7.51. The third kappa shape index (κ3) is 2.86. The quantitative estimate of drug-likeness (QED) is 0.828. The van der Waals surface area contributed by atoms with Crippen molar-refractivity contribution in [1.29, 1.82) is 0 Å². The van der Waals surface area contributed by atoms with Crippen molar-refractivity contribution in [2.24, 2.45) is 0 Å². The number of nitrogens with zero attached hydrogens (tertiary/aromatic N) is 1. The predicted octanol–water partition coefficient (Wildman–Crippen LogP) is 3.64. The Hall–Kier alpha value is -2.08. The Kier molecular flexibility index (Phi) is 5.23. The number of hydrogen-bond donors (Lipinski definition) is 1. The van der Waals surface area contributed by atoms with Gasteiger partial charge in [-0.05, 0) is 44.9 Å². The lowest BCUT2D eigenvalue weighted by atomic mass is 9.90. The van der Waals surface area contributed by atoms with Crippen LogP contribution < -0.4 is 5.56 Å². The summed E-state index contributed by atoms with van der Waals surface area (Å²) >= 11 is 1.29.